The van der Waals surface area contributed by atoms with Crippen molar-refractivity contribution in [2.24, 2.45) is 11.8 Å². The molecule has 5 aliphatic heterocycles. The number of carbonyl (C=O) groups excluding carboxylic acids is 2. The number of aromatic hydroxyl groups is 2. The van der Waals surface area contributed by atoms with Crippen LogP contribution in [0.1, 0.15) is 18.1 Å². The highest BCUT2D eigenvalue weighted by Gasteiger charge is 2.77. The fourth-order valence-electron chi connectivity index (χ4n) is 9.30. The highest BCUT2D eigenvalue weighted by Crippen LogP contribution is 2.61. The Morgan fingerprint density at radius 2 is 1.30 bits per heavy atom. The lowest BCUT2D eigenvalue weighted by Crippen LogP contribution is -2.65. The number of epoxide rings is 1. The van der Waals surface area contributed by atoms with Gasteiger partial charge in [-0.3, -0.25) is 0 Å². The number of phenols is 2. The van der Waals surface area contributed by atoms with Gasteiger partial charge in [0.1, 0.15) is 85.1 Å². The lowest BCUT2D eigenvalue weighted by Gasteiger charge is -2.47. The highest BCUT2D eigenvalue weighted by molar-refractivity contribution is 5.87. The molecule has 5 fully saturated rings. The molecule has 21 atom stereocenters. The van der Waals surface area contributed by atoms with Gasteiger partial charge in [0, 0.05) is 18.1 Å². The second-order valence-electron chi connectivity index (χ2n) is 17.6. The van der Waals surface area contributed by atoms with Gasteiger partial charge in [-0.15, -0.1) is 0 Å². The number of phenolic OH excluding ortho intramolecular Hbond substituents is 2. The van der Waals surface area contributed by atoms with E-state index in [2.05, 4.69) is 0 Å². The Hall–Kier alpha value is -4.84. The molecule has 1 aliphatic carbocycles. The van der Waals surface area contributed by atoms with E-state index in [0.717, 1.165) is 12.2 Å². The van der Waals surface area contributed by atoms with Crippen LogP contribution in [0.25, 0.3) is 12.2 Å². The predicted octanol–water partition coefficient (Wildman–Crippen LogP) is -2.97. The van der Waals surface area contributed by atoms with Crippen LogP contribution in [0.15, 0.2) is 67.0 Å². The van der Waals surface area contributed by atoms with Crippen molar-refractivity contribution >= 4 is 24.1 Å². The van der Waals surface area contributed by atoms with Crippen LogP contribution in [0, 0.1) is 11.8 Å². The molecule has 24 heteroatoms. The van der Waals surface area contributed by atoms with Gasteiger partial charge in [-0.1, -0.05) is 18.2 Å². The molecule has 8 rings (SSSR count). The van der Waals surface area contributed by atoms with Gasteiger partial charge in [0.25, 0.3) is 0 Å². The molecule has 0 amide bonds. The van der Waals surface area contributed by atoms with Crippen LogP contribution in [0.5, 0.6) is 17.2 Å². The summed E-state index contributed by atoms with van der Waals surface area (Å²) in [5, 5.41) is 116. The molecule has 0 spiro atoms. The first-order valence-corrected chi connectivity index (χ1v) is 22.3. The number of rotatable bonds is 16. The van der Waals surface area contributed by atoms with Gasteiger partial charge in [-0.25, -0.2) is 9.59 Å². The second kappa shape index (κ2) is 21.5. The summed E-state index contributed by atoms with van der Waals surface area (Å²) in [6, 6.07) is 10.2. The van der Waals surface area contributed by atoms with Crippen molar-refractivity contribution in [1.82, 2.24) is 0 Å². The van der Waals surface area contributed by atoms with Gasteiger partial charge in [-0.2, -0.15) is 0 Å². The third kappa shape index (κ3) is 10.4. The summed E-state index contributed by atoms with van der Waals surface area (Å²) in [7, 11) is 1.35. The van der Waals surface area contributed by atoms with Gasteiger partial charge in [0.15, 0.2) is 36.5 Å². The van der Waals surface area contributed by atoms with Crippen LogP contribution in [-0.4, -0.2) is 211 Å². The normalized spacial score (nSPS) is 41.1. The zero-order valence-electron chi connectivity index (χ0n) is 37.4. The number of hydrogen-bond acceptors (Lipinski definition) is 24. The van der Waals surface area contributed by atoms with Crippen molar-refractivity contribution in [2.45, 2.75) is 123 Å². The number of esters is 2. The van der Waals surface area contributed by atoms with E-state index in [1.165, 1.54) is 74.9 Å². The summed E-state index contributed by atoms with van der Waals surface area (Å²) in [6.07, 6.45) is -20.9. The van der Waals surface area contributed by atoms with Crippen LogP contribution in [0.2, 0.25) is 0 Å². The van der Waals surface area contributed by atoms with Crippen molar-refractivity contribution in [2.75, 3.05) is 26.9 Å². The summed E-state index contributed by atoms with van der Waals surface area (Å²) in [5.74, 6) is -3.48. The zero-order valence-corrected chi connectivity index (χ0v) is 37.4. The molecular formula is C46H56O24. The molecular weight excluding hydrogens is 936 g/mol. The minimum absolute atomic E-state index is 0.00913. The second-order valence-corrected chi connectivity index (χ2v) is 17.6. The number of aliphatic hydroxyl groups is 9. The Labute approximate surface area is 398 Å². The largest absolute Gasteiger partial charge is 0.508 e. The predicted molar refractivity (Wildman–Crippen MR) is 229 cm³/mol. The Balaban J connectivity index is 0.998. The number of carbonyl (C=O) groups is 2. The molecule has 5 heterocycles. The van der Waals surface area contributed by atoms with Crippen LogP contribution >= 0.6 is 0 Å². The smallest absolute Gasteiger partial charge is 0.331 e. The van der Waals surface area contributed by atoms with Gasteiger partial charge in [0.2, 0.25) is 6.29 Å². The first-order valence-electron chi connectivity index (χ1n) is 22.3. The molecule has 24 nitrogen and oxygen atoms in total. The van der Waals surface area contributed by atoms with E-state index < -0.39 is 160 Å². The van der Waals surface area contributed by atoms with E-state index in [1.807, 2.05) is 0 Å². The van der Waals surface area contributed by atoms with E-state index in [9.17, 15) is 65.8 Å². The van der Waals surface area contributed by atoms with Crippen molar-refractivity contribution in [3.8, 4) is 17.2 Å². The van der Waals surface area contributed by atoms with Crippen LogP contribution in [0.3, 0.4) is 0 Å². The first kappa shape index (κ1) is 51.5. The number of methoxy groups -OCH3 is 1. The summed E-state index contributed by atoms with van der Waals surface area (Å²) in [5.41, 5.74) is -0.409. The van der Waals surface area contributed by atoms with Gasteiger partial charge in [0.05, 0.1) is 44.7 Å². The molecule has 0 radical (unpaired) electrons. The lowest BCUT2D eigenvalue weighted by molar-refractivity contribution is -0.364. The zero-order chi connectivity index (χ0) is 50.2. The summed E-state index contributed by atoms with van der Waals surface area (Å²) < 4.78 is 63.9. The topological polar surface area (TPSA) is 362 Å². The van der Waals surface area contributed by atoms with Gasteiger partial charge >= 0.3 is 11.9 Å². The molecule has 384 valence electrons. The average molecular weight is 993 g/mol. The summed E-state index contributed by atoms with van der Waals surface area (Å²) in [4.78, 5) is 26.1. The monoisotopic (exact) mass is 992 g/mol. The third-order valence-electron chi connectivity index (χ3n) is 13.2. The van der Waals surface area contributed by atoms with E-state index >= 15 is 0 Å². The van der Waals surface area contributed by atoms with Crippen molar-refractivity contribution in [3.63, 3.8) is 0 Å². The molecule has 2 aromatic carbocycles. The van der Waals surface area contributed by atoms with Crippen LogP contribution < -0.4 is 4.74 Å². The Bertz CT molecular complexity index is 2220. The molecule has 0 aromatic heterocycles. The number of aliphatic hydroxyl groups excluding tert-OH is 9. The molecule has 2 aromatic rings. The number of fused-ring (bicyclic) bond motifs is 3. The average Bonchev–Trinajstić information content (AvgIpc) is 4.03. The summed E-state index contributed by atoms with van der Waals surface area (Å²) in [6.45, 7) is -0.538. The highest BCUT2D eigenvalue weighted by atomic mass is 16.8. The van der Waals surface area contributed by atoms with E-state index in [1.54, 1.807) is 6.08 Å². The van der Waals surface area contributed by atoms with Crippen molar-refractivity contribution in [3.05, 3.63) is 78.1 Å². The van der Waals surface area contributed by atoms with E-state index in [4.69, 9.17) is 52.1 Å². The molecule has 70 heavy (non-hydrogen) atoms. The molecule has 0 unspecified atom stereocenters. The van der Waals surface area contributed by atoms with Crippen LogP contribution in [0.4, 0.5) is 0 Å². The number of ether oxygens (including phenoxy) is 11. The molecule has 4 saturated heterocycles. The van der Waals surface area contributed by atoms with Crippen molar-refractivity contribution in [1.29, 1.82) is 0 Å². The van der Waals surface area contributed by atoms with Gasteiger partial charge < -0.3 is 108 Å². The maximum atomic E-state index is 13.3. The SMILES string of the molecule is COc1cc(C=CC(=O)OC[C@H]2O[C@@H](O[C@H]3[C@@H](O)[C@H](O[C@H]4[C@@H]5C=CO[C@@H](O[C@@H]6O[C@H](CO)[C@@H](O)[C@H](O)[C@H]6O)[C@@H]5[C@@]5(CO)O[C@@H]45)O[C@@H](C)[C@@H]3OC(=O)C=Cc3ccc(O)cc3)[C@H](O)[C@@H](O)[C@@H]2O)ccc1O. The fourth-order valence-corrected chi connectivity index (χ4v) is 9.30. The standard InChI is InChI=1S/C46H56O24/c1-19-38(66-29(52)12-6-20-3-8-22(49)9-4-20)40(68-43-35(57)34(56)32(54)27(65-43)17-62-28(51)11-7-21-5-10-24(50)25(15-21)60-2)37(59)45(63-19)67-39-23-13-14-61-42(30(23)46(18-48)41(39)70-46)69-44-36(58)33(55)31(53)26(16-47)64-44/h3-15,19,23,26-27,30-45,47-50,53-59H,16-18H2,1-2H3/t19-,23+,26+,27+,30+,31+,32+,33-,34-,35+,36+,37+,38-,39-,40-,41-,42-,43-,44-,45-,46+/m0/s1. The fraction of sp³-hybridized carbons (Fsp3) is 0.565. The maximum absolute atomic E-state index is 13.3. The van der Waals surface area contributed by atoms with E-state index in [0.29, 0.717) is 11.1 Å². The lowest BCUT2D eigenvalue weighted by atomic mass is 9.85. The number of benzene rings is 2. The third-order valence-corrected chi connectivity index (χ3v) is 13.2. The minimum Gasteiger partial charge on any atom is -0.508 e. The molecule has 11 N–H and O–H groups in total. The molecule has 0 bridgehead atoms. The summed E-state index contributed by atoms with van der Waals surface area (Å²) >= 11 is 0. The Kier molecular flexibility index (Phi) is 15.8. The quantitative estimate of drug-likeness (QED) is 0.0454. The molecule has 6 aliphatic rings. The van der Waals surface area contributed by atoms with Crippen LogP contribution in [-0.2, 0) is 57.0 Å². The van der Waals surface area contributed by atoms with E-state index in [-0.39, 0.29) is 17.2 Å². The first-order chi connectivity index (χ1) is 33.5. The number of hydrogen-bond donors (Lipinski definition) is 11. The minimum atomic E-state index is -2.00. The Morgan fingerprint density at radius 3 is 1.99 bits per heavy atom. The molecule has 1 saturated carbocycles. The maximum Gasteiger partial charge on any atom is 0.331 e. The Morgan fingerprint density at radius 1 is 0.686 bits per heavy atom. The van der Waals surface area contributed by atoms with Crippen molar-refractivity contribution < 1.29 is 118 Å². The van der Waals surface area contributed by atoms with Gasteiger partial charge in [-0.05, 0) is 60.5 Å².